The Morgan fingerprint density at radius 3 is 3.00 bits per heavy atom. The molecule has 22 heavy (non-hydrogen) atoms. The molecule has 2 aliphatic rings. The van der Waals surface area contributed by atoms with E-state index in [1.807, 2.05) is 4.90 Å². The Bertz CT molecular complexity index is 528. The van der Waals surface area contributed by atoms with Gasteiger partial charge in [0.2, 0.25) is 5.91 Å². The number of hydrogen-bond acceptors (Lipinski definition) is 3. The van der Waals surface area contributed by atoms with Gasteiger partial charge in [-0.05, 0) is 36.6 Å². The third-order valence-corrected chi connectivity index (χ3v) is 5.12. The molecule has 0 radical (unpaired) electrons. The largest absolute Gasteiger partial charge is 0.338 e. The summed E-state index contributed by atoms with van der Waals surface area (Å²) < 4.78 is 0. The summed E-state index contributed by atoms with van der Waals surface area (Å²) in [7, 11) is 0. The molecule has 2 N–H and O–H groups in total. The average molecular weight is 321 g/mol. The van der Waals surface area contributed by atoms with Crippen LogP contribution in [0.4, 0.5) is 4.79 Å². The molecule has 0 aromatic carbocycles. The summed E-state index contributed by atoms with van der Waals surface area (Å²) in [6.07, 6.45) is 3.65. The van der Waals surface area contributed by atoms with Crippen molar-refractivity contribution in [1.29, 1.82) is 0 Å². The molecule has 1 aliphatic carbocycles. The molecule has 0 unspecified atom stereocenters. The van der Waals surface area contributed by atoms with Gasteiger partial charge in [0.1, 0.15) is 0 Å². The summed E-state index contributed by atoms with van der Waals surface area (Å²) in [6.45, 7) is 3.45. The number of carbonyl (C=O) groups is 2. The normalized spacial score (nSPS) is 22.7. The van der Waals surface area contributed by atoms with Crippen molar-refractivity contribution in [2.75, 3.05) is 13.1 Å². The predicted molar refractivity (Wildman–Crippen MR) is 86.9 cm³/mol. The molecule has 3 amide bonds. The van der Waals surface area contributed by atoms with E-state index in [1.54, 1.807) is 11.3 Å². The van der Waals surface area contributed by atoms with Crippen LogP contribution in [0.25, 0.3) is 0 Å². The van der Waals surface area contributed by atoms with E-state index in [2.05, 4.69) is 35.1 Å². The lowest BCUT2D eigenvalue weighted by molar-refractivity contribution is -0.128. The minimum Gasteiger partial charge on any atom is -0.338 e. The van der Waals surface area contributed by atoms with E-state index < -0.39 is 0 Å². The first-order valence-corrected chi connectivity index (χ1v) is 8.86. The van der Waals surface area contributed by atoms with E-state index in [1.165, 1.54) is 4.88 Å². The van der Waals surface area contributed by atoms with Crippen LogP contribution in [0, 0.1) is 5.92 Å². The molecule has 3 rings (SSSR count). The van der Waals surface area contributed by atoms with Gasteiger partial charge in [0.05, 0.1) is 6.04 Å². The second-order valence-electron chi connectivity index (χ2n) is 6.42. The van der Waals surface area contributed by atoms with Gasteiger partial charge in [-0.15, -0.1) is 11.3 Å². The van der Waals surface area contributed by atoms with E-state index in [0.717, 1.165) is 19.3 Å². The Balaban J connectivity index is 1.36. The summed E-state index contributed by atoms with van der Waals surface area (Å²) >= 11 is 1.75. The smallest absolute Gasteiger partial charge is 0.315 e. The third-order valence-electron chi connectivity index (χ3n) is 4.22. The Kier molecular flexibility index (Phi) is 4.66. The van der Waals surface area contributed by atoms with Gasteiger partial charge in [-0.3, -0.25) is 4.79 Å². The van der Waals surface area contributed by atoms with Gasteiger partial charge in [0.25, 0.3) is 0 Å². The lowest BCUT2D eigenvalue weighted by Gasteiger charge is -2.17. The summed E-state index contributed by atoms with van der Waals surface area (Å²) in [4.78, 5) is 27.1. The van der Waals surface area contributed by atoms with Gasteiger partial charge in [0.15, 0.2) is 0 Å². The summed E-state index contributed by atoms with van der Waals surface area (Å²) in [6, 6.07) is 4.41. The maximum absolute atomic E-state index is 12.0. The van der Waals surface area contributed by atoms with Gasteiger partial charge < -0.3 is 15.5 Å². The monoisotopic (exact) mass is 321 g/mol. The molecule has 2 heterocycles. The van der Waals surface area contributed by atoms with Crippen molar-refractivity contribution in [2.24, 2.45) is 5.92 Å². The number of hydrogen-bond donors (Lipinski definition) is 2. The predicted octanol–water partition coefficient (Wildman–Crippen LogP) is 1.99. The molecule has 1 saturated heterocycles. The van der Waals surface area contributed by atoms with Crippen LogP contribution in [0.2, 0.25) is 0 Å². The molecule has 1 saturated carbocycles. The second kappa shape index (κ2) is 6.69. The summed E-state index contributed by atoms with van der Waals surface area (Å²) in [5.74, 6) is 0.580. The highest BCUT2D eigenvalue weighted by molar-refractivity contribution is 7.09. The Labute approximate surface area is 135 Å². The van der Waals surface area contributed by atoms with E-state index in [9.17, 15) is 9.59 Å². The van der Waals surface area contributed by atoms with Gasteiger partial charge in [-0.1, -0.05) is 13.0 Å². The molecule has 6 heteroatoms. The first-order chi connectivity index (χ1) is 10.6. The fourth-order valence-electron chi connectivity index (χ4n) is 2.92. The lowest BCUT2D eigenvalue weighted by atomic mass is 10.1. The number of amides is 3. The fourth-order valence-corrected chi connectivity index (χ4v) is 3.78. The van der Waals surface area contributed by atoms with Crippen LogP contribution in [0.15, 0.2) is 17.5 Å². The van der Waals surface area contributed by atoms with Gasteiger partial charge in [-0.25, -0.2) is 4.79 Å². The number of likely N-dealkylation sites (tertiary alicyclic amines) is 1. The average Bonchev–Trinajstić information content (AvgIpc) is 3.07. The minimum atomic E-state index is -0.159. The Morgan fingerprint density at radius 1 is 1.50 bits per heavy atom. The molecule has 1 aromatic rings. The highest BCUT2D eigenvalue weighted by Crippen LogP contribution is 2.30. The third kappa shape index (κ3) is 4.00. The van der Waals surface area contributed by atoms with Crippen molar-refractivity contribution >= 4 is 23.3 Å². The molecular formula is C16H23N3O2S. The summed E-state index contributed by atoms with van der Waals surface area (Å²) in [5, 5.41) is 7.92. The first kappa shape index (κ1) is 15.3. The van der Waals surface area contributed by atoms with Gasteiger partial charge in [-0.2, -0.15) is 0 Å². The van der Waals surface area contributed by atoms with Crippen molar-refractivity contribution in [3.8, 4) is 0 Å². The highest BCUT2D eigenvalue weighted by atomic mass is 32.1. The van der Waals surface area contributed by atoms with Gasteiger partial charge >= 0.3 is 6.03 Å². The van der Waals surface area contributed by atoms with Crippen LogP contribution >= 0.6 is 11.3 Å². The van der Waals surface area contributed by atoms with E-state index in [-0.39, 0.29) is 18.0 Å². The van der Waals surface area contributed by atoms with Crippen LogP contribution in [0.1, 0.15) is 31.1 Å². The topological polar surface area (TPSA) is 61.4 Å². The van der Waals surface area contributed by atoms with E-state index >= 15 is 0 Å². The number of nitrogens with one attached hydrogen (secondary N) is 2. The maximum Gasteiger partial charge on any atom is 0.315 e. The van der Waals surface area contributed by atoms with Crippen molar-refractivity contribution in [2.45, 2.75) is 44.7 Å². The molecule has 0 bridgehead atoms. The number of thiophene rings is 1. The number of rotatable bonds is 6. The Hall–Kier alpha value is -1.56. The summed E-state index contributed by atoms with van der Waals surface area (Å²) in [5.41, 5.74) is 0. The highest BCUT2D eigenvalue weighted by Gasteiger charge is 2.39. The molecule has 1 aliphatic heterocycles. The zero-order valence-corrected chi connectivity index (χ0v) is 13.7. The van der Waals surface area contributed by atoms with Gasteiger partial charge in [0, 0.05) is 30.4 Å². The Morgan fingerprint density at radius 2 is 2.32 bits per heavy atom. The van der Waals surface area contributed by atoms with Crippen LogP contribution in [0.5, 0.6) is 0 Å². The SMILES string of the molecule is C[C@@H](CNC(=O)N[C@@H]1CC(=O)N(C2CC2)C1)Cc1cccs1. The van der Waals surface area contributed by atoms with Crippen molar-refractivity contribution in [1.82, 2.24) is 15.5 Å². The maximum atomic E-state index is 12.0. The van der Waals surface area contributed by atoms with Crippen molar-refractivity contribution in [3.05, 3.63) is 22.4 Å². The van der Waals surface area contributed by atoms with Crippen LogP contribution in [0.3, 0.4) is 0 Å². The number of carbonyl (C=O) groups excluding carboxylic acids is 2. The molecule has 120 valence electrons. The van der Waals surface area contributed by atoms with Crippen molar-refractivity contribution < 1.29 is 9.59 Å². The van der Waals surface area contributed by atoms with E-state index in [4.69, 9.17) is 0 Å². The van der Waals surface area contributed by atoms with Crippen LogP contribution in [-0.2, 0) is 11.2 Å². The quantitative estimate of drug-likeness (QED) is 0.842. The zero-order chi connectivity index (χ0) is 15.5. The molecule has 2 fully saturated rings. The fraction of sp³-hybridized carbons (Fsp3) is 0.625. The molecule has 1 aromatic heterocycles. The zero-order valence-electron chi connectivity index (χ0n) is 12.9. The lowest BCUT2D eigenvalue weighted by Crippen LogP contribution is -2.44. The molecule has 0 spiro atoms. The number of nitrogens with zero attached hydrogens (tertiary/aromatic N) is 1. The van der Waals surface area contributed by atoms with E-state index in [0.29, 0.717) is 31.5 Å². The molecule has 5 nitrogen and oxygen atoms in total. The van der Waals surface area contributed by atoms with Crippen LogP contribution < -0.4 is 10.6 Å². The van der Waals surface area contributed by atoms with Crippen LogP contribution in [-0.4, -0.2) is 42.0 Å². The van der Waals surface area contributed by atoms with Crippen molar-refractivity contribution in [3.63, 3.8) is 0 Å². The standard InChI is InChI=1S/C16H23N3O2S/c1-11(7-14-3-2-6-22-14)9-17-16(21)18-12-8-15(20)19(10-12)13-4-5-13/h2-3,6,11-13H,4-5,7-10H2,1H3,(H2,17,18,21)/t11-,12-/m1/s1. The first-order valence-electron chi connectivity index (χ1n) is 7.98. The number of urea groups is 1. The second-order valence-corrected chi connectivity index (χ2v) is 7.45. The molecule has 2 atom stereocenters. The molecular weight excluding hydrogens is 298 g/mol. The minimum absolute atomic E-state index is 0.0410.